The van der Waals surface area contributed by atoms with Crippen LogP contribution in [0, 0.1) is 0 Å². The van der Waals surface area contributed by atoms with Gasteiger partial charge in [-0.25, -0.2) is 8.42 Å². The molecule has 0 aromatic heterocycles. The zero-order valence-corrected chi connectivity index (χ0v) is 15.2. The number of rotatable bonds is 5. The largest absolute Gasteiger partial charge is 0.370 e. The van der Waals surface area contributed by atoms with Crippen molar-refractivity contribution in [1.82, 2.24) is 9.62 Å². The van der Waals surface area contributed by atoms with Gasteiger partial charge >= 0.3 is 0 Å². The molecule has 7 heteroatoms. The van der Waals surface area contributed by atoms with Gasteiger partial charge in [-0.1, -0.05) is 0 Å². The first kappa shape index (κ1) is 16.8. The van der Waals surface area contributed by atoms with Crippen LogP contribution in [0.3, 0.4) is 0 Å². The molecule has 0 atom stereocenters. The lowest BCUT2D eigenvalue weighted by Gasteiger charge is -2.24. The summed E-state index contributed by atoms with van der Waals surface area (Å²) in [6, 6.07) is 5.41. The molecule has 3 aliphatic rings. The van der Waals surface area contributed by atoms with E-state index in [9.17, 15) is 13.2 Å². The van der Waals surface area contributed by atoms with Crippen LogP contribution in [0.2, 0.25) is 0 Å². The van der Waals surface area contributed by atoms with Crippen LogP contribution in [0.15, 0.2) is 23.1 Å². The molecule has 0 unspecified atom stereocenters. The molecular weight excluding hydrogens is 338 g/mol. The first-order chi connectivity index (χ1) is 12.1. The van der Waals surface area contributed by atoms with Crippen LogP contribution in [-0.2, 0) is 10.0 Å². The predicted octanol–water partition coefficient (Wildman–Crippen LogP) is 1.96. The quantitative estimate of drug-likeness (QED) is 0.868. The Balaban J connectivity index is 1.72. The zero-order valence-electron chi connectivity index (χ0n) is 14.4. The van der Waals surface area contributed by atoms with Gasteiger partial charge in [0, 0.05) is 37.8 Å². The second-order valence-electron chi connectivity index (χ2n) is 7.24. The lowest BCUT2D eigenvalue weighted by atomic mass is 10.2. The van der Waals surface area contributed by atoms with E-state index in [-0.39, 0.29) is 11.9 Å². The molecule has 0 radical (unpaired) electrons. The lowest BCUT2D eigenvalue weighted by molar-refractivity contribution is 0.0951. The molecule has 25 heavy (non-hydrogen) atoms. The molecule has 4 rings (SSSR count). The van der Waals surface area contributed by atoms with E-state index in [0.29, 0.717) is 23.5 Å². The van der Waals surface area contributed by atoms with Crippen LogP contribution >= 0.6 is 0 Å². The molecule has 2 heterocycles. The van der Waals surface area contributed by atoms with Gasteiger partial charge in [0.2, 0.25) is 10.0 Å². The van der Waals surface area contributed by atoms with Crippen molar-refractivity contribution in [3.05, 3.63) is 23.8 Å². The van der Waals surface area contributed by atoms with Crippen LogP contribution in [0.25, 0.3) is 0 Å². The molecule has 1 aromatic carbocycles. The minimum atomic E-state index is -3.56. The fourth-order valence-electron chi connectivity index (χ4n) is 3.65. The summed E-state index contributed by atoms with van der Waals surface area (Å²) in [5.74, 6) is -0.173. The first-order valence-corrected chi connectivity index (χ1v) is 10.7. The van der Waals surface area contributed by atoms with E-state index >= 15 is 0 Å². The molecule has 1 N–H and O–H groups in total. The maximum atomic E-state index is 13.2. The Kier molecular flexibility index (Phi) is 4.45. The van der Waals surface area contributed by atoms with Gasteiger partial charge in [-0.2, -0.15) is 4.31 Å². The summed E-state index contributed by atoms with van der Waals surface area (Å²) in [6.07, 6.45) is 5.98. The van der Waals surface area contributed by atoms with E-state index in [0.717, 1.165) is 57.3 Å². The van der Waals surface area contributed by atoms with Gasteiger partial charge in [0.25, 0.3) is 5.91 Å². The molecule has 6 nitrogen and oxygen atoms in total. The fourth-order valence-corrected chi connectivity index (χ4v) is 5.40. The highest BCUT2D eigenvalue weighted by Gasteiger charge is 2.32. The Morgan fingerprint density at radius 3 is 2.28 bits per heavy atom. The topological polar surface area (TPSA) is 69.7 Å². The molecule has 2 aliphatic heterocycles. The summed E-state index contributed by atoms with van der Waals surface area (Å²) in [6.45, 7) is 2.88. The minimum absolute atomic E-state index is 0.173. The average Bonchev–Trinajstić information content (AvgIpc) is 3.10. The maximum Gasteiger partial charge on any atom is 0.251 e. The summed E-state index contributed by atoms with van der Waals surface area (Å²) in [7, 11) is -3.56. The second-order valence-corrected chi connectivity index (χ2v) is 9.14. The van der Waals surface area contributed by atoms with Gasteiger partial charge in [-0.3, -0.25) is 4.79 Å². The predicted molar refractivity (Wildman–Crippen MR) is 96.4 cm³/mol. The average molecular weight is 363 g/mol. The third kappa shape index (κ3) is 3.40. The van der Waals surface area contributed by atoms with Crippen LogP contribution < -0.4 is 10.2 Å². The minimum Gasteiger partial charge on any atom is -0.370 e. The van der Waals surface area contributed by atoms with E-state index in [2.05, 4.69) is 10.2 Å². The summed E-state index contributed by atoms with van der Waals surface area (Å²) < 4.78 is 27.9. The molecule has 3 fully saturated rings. The van der Waals surface area contributed by atoms with Crippen molar-refractivity contribution in [3.8, 4) is 0 Å². The number of nitrogens with one attached hydrogen (secondary N) is 1. The third-order valence-electron chi connectivity index (χ3n) is 5.26. The Bertz CT molecular complexity index is 762. The monoisotopic (exact) mass is 363 g/mol. The summed E-state index contributed by atoms with van der Waals surface area (Å²) in [4.78, 5) is 14.8. The highest BCUT2D eigenvalue weighted by molar-refractivity contribution is 7.89. The van der Waals surface area contributed by atoms with Gasteiger partial charge in [0.15, 0.2) is 0 Å². The van der Waals surface area contributed by atoms with E-state index in [1.807, 2.05) is 6.07 Å². The molecule has 1 saturated carbocycles. The molecule has 0 spiro atoms. The summed E-state index contributed by atoms with van der Waals surface area (Å²) in [5.41, 5.74) is 1.18. The Morgan fingerprint density at radius 1 is 1.00 bits per heavy atom. The number of sulfonamides is 1. The fraction of sp³-hybridized carbons (Fsp3) is 0.611. The van der Waals surface area contributed by atoms with E-state index in [4.69, 9.17) is 0 Å². The molecule has 136 valence electrons. The summed E-state index contributed by atoms with van der Waals surface area (Å²) >= 11 is 0. The molecular formula is C18H25N3O3S. The van der Waals surface area contributed by atoms with Gasteiger partial charge in [-0.15, -0.1) is 0 Å². The maximum absolute atomic E-state index is 13.2. The van der Waals surface area contributed by atoms with Crippen molar-refractivity contribution in [3.63, 3.8) is 0 Å². The van der Waals surface area contributed by atoms with Crippen molar-refractivity contribution in [2.75, 3.05) is 31.1 Å². The number of nitrogens with zero attached hydrogens (tertiary/aromatic N) is 2. The van der Waals surface area contributed by atoms with Crippen molar-refractivity contribution in [2.45, 2.75) is 49.5 Å². The van der Waals surface area contributed by atoms with Crippen LogP contribution in [0.1, 0.15) is 48.9 Å². The van der Waals surface area contributed by atoms with Gasteiger partial charge in [0.05, 0.1) is 5.69 Å². The van der Waals surface area contributed by atoms with Crippen molar-refractivity contribution in [1.29, 1.82) is 0 Å². The Morgan fingerprint density at radius 2 is 1.64 bits per heavy atom. The van der Waals surface area contributed by atoms with Crippen LogP contribution in [0.4, 0.5) is 5.69 Å². The number of hydrogen-bond acceptors (Lipinski definition) is 4. The number of hydrogen-bond donors (Lipinski definition) is 1. The smallest absolute Gasteiger partial charge is 0.251 e. The van der Waals surface area contributed by atoms with Crippen molar-refractivity contribution in [2.24, 2.45) is 0 Å². The van der Waals surface area contributed by atoms with Gasteiger partial charge in [-0.05, 0) is 56.7 Å². The standard InChI is InChI=1S/C18H25N3O3S/c22-18(19-15-6-7-15)14-5-8-16(20-9-1-2-10-20)17(13-14)25(23,24)21-11-3-4-12-21/h5,8,13,15H,1-4,6-7,9-12H2,(H,19,22). The van der Waals surface area contributed by atoms with Crippen LogP contribution in [-0.4, -0.2) is 50.9 Å². The van der Waals surface area contributed by atoms with Crippen molar-refractivity contribution >= 4 is 21.6 Å². The first-order valence-electron chi connectivity index (χ1n) is 9.26. The van der Waals surface area contributed by atoms with E-state index < -0.39 is 10.0 Å². The van der Waals surface area contributed by atoms with Crippen LogP contribution in [0.5, 0.6) is 0 Å². The highest BCUT2D eigenvalue weighted by atomic mass is 32.2. The number of amides is 1. The number of carbonyl (C=O) groups is 1. The molecule has 0 bridgehead atoms. The molecule has 2 saturated heterocycles. The van der Waals surface area contributed by atoms with Gasteiger partial charge in [0.1, 0.15) is 4.90 Å². The summed E-state index contributed by atoms with van der Waals surface area (Å²) in [5, 5.41) is 2.95. The Labute approximate surface area is 149 Å². The molecule has 1 aromatic rings. The van der Waals surface area contributed by atoms with E-state index in [1.54, 1.807) is 16.4 Å². The van der Waals surface area contributed by atoms with E-state index in [1.165, 1.54) is 0 Å². The molecule has 1 aliphatic carbocycles. The second kappa shape index (κ2) is 6.61. The SMILES string of the molecule is O=C(NC1CC1)c1ccc(N2CCCC2)c(S(=O)(=O)N2CCCC2)c1. The highest BCUT2D eigenvalue weighted by Crippen LogP contribution is 2.33. The lowest BCUT2D eigenvalue weighted by Crippen LogP contribution is -2.31. The zero-order chi connectivity index (χ0) is 17.4. The van der Waals surface area contributed by atoms with Crippen molar-refractivity contribution < 1.29 is 13.2 Å². The normalized spacial score (nSPS) is 21.7. The number of carbonyl (C=O) groups excluding carboxylic acids is 1. The number of benzene rings is 1. The number of anilines is 1. The Hall–Kier alpha value is -1.60. The molecule has 1 amide bonds. The third-order valence-corrected chi connectivity index (χ3v) is 7.19. The van der Waals surface area contributed by atoms with Gasteiger partial charge < -0.3 is 10.2 Å².